The van der Waals surface area contributed by atoms with Crippen LogP contribution in [0.15, 0.2) is 0 Å². The molecule has 0 aliphatic heterocycles. The number of nitrogens with two attached hydrogens (primary N) is 1. The lowest BCUT2D eigenvalue weighted by atomic mass is 9.84. The molecule has 0 bridgehead atoms. The summed E-state index contributed by atoms with van der Waals surface area (Å²) >= 11 is 0. The third kappa shape index (κ3) is 4.57. The van der Waals surface area contributed by atoms with Crippen LogP contribution in [0, 0.1) is 10.8 Å². The molecule has 0 amide bonds. The molecule has 1 aliphatic rings. The summed E-state index contributed by atoms with van der Waals surface area (Å²) in [6.45, 7) is 9.82. The number of hydrogen-bond acceptors (Lipinski definition) is 3. The lowest BCUT2D eigenvalue weighted by Gasteiger charge is -2.32. The molecule has 2 unspecified atom stereocenters. The van der Waals surface area contributed by atoms with Gasteiger partial charge in [0, 0.05) is 32.8 Å². The molecule has 1 saturated carbocycles. The van der Waals surface area contributed by atoms with Crippen molar-refractivity contribution >= 4 is 0 Å². The van der Waals surface area contributed by atoms with E-state index < -0.39 is 0 Å². The van der Waals surface area contributed by atoms with Gasteiger partial charge in [-0.25, -0.2) is 0 Å². The molecule has 2 atom stereocenters. The zero-order valence-corrected chi connectivity index (χ0v) is 12.0. The Bertz CT molecular complexity index is 230. The van der Waals surface area contributed by atoms with Crippen molar-refractivity contribution in [2.75, 3.05) is 26.8 Å². The van der Waals surface area contributed by atoms with Crippen molar-refractivity contribution in [3.63, 3.8) is 0 Å². The molecule has 0 aromatic heterocycles. The van der Waals surface area contributed by atoms with Gasteiger partial charge in [-0.1, -0.05) is 27.2 Å². The SMILES string of the molecule is COCCC(C)(C)CNCC1(C)CCCC1N. The molecule has 0 radical (unpaired) electrons. The Kier molecular flexibility index (Phi) is 5.42. The first-order valence-corrected chi connectivity index (χ1v) is 6.85. The minimum Gasteiger partial charge on any atom is -0.385 e. The third-order valence-corrected chi connectivity index (χ3v) is 4.27. The molecule has 17 heavy (non-hydrogen) atoms. The van der Waals surface area contributed by atoms with Crippen molar-refractivity contribution in [2.45, 2.75) is 52.5 Å². The van der Waals surface area contributed by atoms with E-state index in [0.29, 0.717) is 16.9 Å². The summed E-state index contributed by atoms with van der Waals surface area (Å²) in [5, 5.41) is 3.61. The summed E-state index contributed by atoms with van der Waals surface area (Å²) in [4.78, 5) is 0. The van der Waals surface area contributed by atoms with Crippen molar-refractivity contribution in [3.8, 4) is 0 Å². The van der Waals surface area contributed by atoms with Gasteiger partial charge in [0.25, 0.3) is 0 Å². The Morgan fingerprint density at radius 2 is 2.18 bits per heavy atom. The maximum atomic E-state index is 6.18. The molecule has 0 aromatic carbocycles. The van der Waals surface area contributed by atoms with Crippen LogP contribution in [-0.2, 0) is 4.74 Å². The lowest BCUT2D eigenvalue weighted by molar-refractivity contribution is 0.147. The molecule has 1 aliphatic carbocycles. The highest BCUT2D eigenvalue weighted by molar-refractivity contribution is 4.93. The van der Waals surface area contributed by atoms with E-state index in [-0.39, 0.29) is 0 Å². The second-order valence-electron chi connectivity index (χ2n) is 6.66. The van der Waals surface area contributed by atoms with Crippen LogP contribution >= 0.6 is 0 Å². The maximum absolute atomic E-state index is 6.18. The number of ether oxygens (including phenoxy) is 1. The van der Waals surface area contributed by atoms with Gasteiger partial charge in [-0.15, -0.1) is 0 Å². The Morgan fingerprint density at radius 1 is 1.47 bits per heavy atom. The van der Waals surface area contributed by atoms with Crippen LogP contribution < -0.4 is 11.1 Å². The highest BCUT2D eigenvalue weighted by Crippen LogP contribution is 2.36. The average Bonchev–Trinajstić information content (AvgIpc) is 2.56. The second-order valence-corrected chi connectivity index (χ2v) is 6.66. The van der Waals surface area contributed by atoms with Crippen molar-refractivity contribution in [3.05, 3.63) is 0 Å². The van der Waals surface area contributed by atoms with Crippen LogP contribution in [0.25, 0.3) is 0 Å². The molecule has 1 fully saturated rings. The zero-order chi connectivity index (χ0) is 12.9. The molecule has 3 heteroatoms. The van der Waals surface area contributed by atoms with E-state index in [2.05, 4.69) is 26.1 Å². The predicted molar refractivity (Wildman–Crippen MR) is 73.1 cm³/mol. The van der Waals surface area contributed by atoms with Gasteiger partial charge in [-0.05, 0) is 30.1 Å². The molecule has 3 N–H and O–H groups in total. The van der Waals surface area contributed by atoms with Gasteiger partial charge in [0.15, 0.2) is 0 Å². The standard InChI is InChI=1S/C14H30N2O/c1-13(2,8-9-17-4)10-16-11-14(3)7-5-6-12(14)15/h12,16H,5-11,15H2,1-4H3. The molecule has 1 rings (SSSR count). The molecule has 0 heterocycles. The van der Waals surface area contributed by atoms with Gasteiger partial charge in [-0.2, -0.15) is 0 Å². The van der Waals surface area contributed by atoms with E-state index in [1.165, 1.54) is 19.3 Å². The fourth-order valence-electron chi connectivity index (χ4n) is 2.63. The third-order valence-electron chi connectivity index (χ3n) is 4.27. The lowest BCUT2D eigenvalue weighted by Crippen LogP contribution is -2.44. The summed E-state index contributed by atoms with van der Waals surface area (Å²) in [5.41, 5.74) is 6.79. The van der Waals surface area contributed by atoms with Gasteiger partial charge < -0.3 is 15.8 Å². The number of rotatable bonds is 7. The number of nitrogens with one attached hydrogen (secondary N) is 1. The molecular formula is C14H30N2O. The molecule has 0 saturated heterocycles. The van der Waals surface area contributed by atoms with Gasteiger partial charge in [0.2, 0.25) is 0 Å². The Morgan fingerprint density at radius 3 is 2.71 bits per heavy atom. The van der Waals surface area contributed by atoms with E-state index in [4.69, 9.17) is 10.5 Å². The summed E-state index contributed by atoms with van der Waals surface area (Å²) in [7, 11) is 1.77. The minimum atomic E-state index is 0.301. The van der Waals surface area contributed by atoms with E-state index in [0.717, 1.165) is 26.1 Å². The first-order chi connectivity index (χ1) is 7.90. The van der Waals surface area contributed by atoms with E-state index in [1.807, 2.05) is 0 Å². The first kappa shape index (κ1) is 14.9. The fourth-order valence-corrected chi connectivity index (χ4v) is 2.63. The zero-order valence-electron chi connectivity index (χ0n) is 12.0. The largest absolute Gasteiger partial charge is 0.385 e. The second kappa shape index (κ2) is 6.17. The van der Waals surface area contributed by atoms with E-state index >= 15 is 0 Å². The van der Waals surface area contributed by atoms with E-state index in [9.17, 15) is 0 Å². The Hall–Kier alpha value is -0.120. The normalized spacial score (nSPS) is 29.8. The van der Waals surface area contributed by atoms with Crippen molar-refractivity contribution in [1.82, 2.24) is 5.32 Å². The molecule has 0 aromatic rings. The predicted octanol–water partition coefficient (Wildman–Crippen LogP) is 2.16. The van der Waals surface area contributed by atoms with Gasteiger partial charge in [-0.3, -0.25) is 0 Å². The minimum absolute atomic E-state index is 0.301. The van der Waals surface area contributed by atoms with Gasteiger partial charge in [0.05, 0.1) is 0 Å². The van der Waals surface area contributed by atoms with Crippen LogP contribution in [0.1, 0.15) is 46.5 Å². The smallest absolute Gasteiger partial charge is 0.0467 e. The van der Waals surface area contributed by atoms with Crippen molar-refractivity contribution in [2.24, 2.45) is 16.6 Å². The van der Waals surface area contributed by atoms with Crippen LogP contribution in [0.3, 0.4) is 0 Å². The van der Waals surface area contributed by atoms with Crippen LogP contribution in [0.5, 0.6) is 0 Å². The quantitative estimate of drug-likeness (QED) is 0.719. The Balaban J connectivity index is 2.27. The van der Waals surface area contributed by atoms with Crippen LogP contribution in [0.2, 0.25) is 0 Å². The average molecular weight is 242 g/mol. The van der Waals surface area contributed by atoms with Gasteiger partial charge >= 0.3 is 0 Å². The summed E-state index contributed by atoms with van der Waals surface area (Å²) in [6.07, 6.45) is 4.83. The summed E-state index contributed by atoms with van der Waals surface area (Å²) in [5.74, 6) is 0. The van der Waals surface area contributed by atoms with Crippen LogP contribution in [0.4, 0.5) is 0 Å². The summed E-state index contributed by atoms with van der Waals surface area (Å²) < 4.78 is 5.15. The number of methoxy groups -OCH3 is 1. The van der Waals surface area contributed by atoms with E-state index in [1.54, 1.807) is 7.11 Å². The fraction of sp³-hybridized carbons (Fsp3) is 1.00. The van der Waals surface area contributed by atoms with Crippen molar-refractivity contribution < 1.29 is 4.74 Å². The highest BCUT2D eigenvalue weighted by atomic mass is 16.5. The monoisotopic (exact) mass is 242 g/mol. The molecule has 102 valence electrons. The highest BCUT2D eigenvalue weighted by Gasteiger charge is 2.36. The van der Waals surface area contributed by atoms with Gasteiger partial charge in [0.1, 0.15) is 0 Å². The summed E-state index contributed by atoms with van der Waals surface area (Å²) in [6, 6.07) is 0.372. The maximum Gasteiger partial charge on any atom is 0.0467 e. The number of hydrogen-bond donors (Lipinski definition) is 2. The Labute approximate surface area is 106 Å². The molecule has 0 spiro atoms. The first-order valence-electron chi connectivity index (χ1n) is 6.85. The van der Waals surface area contributed by atoms with Crippen LogP contribution in [-0.4, -0.2) is 32.8 Å². The topological polar surface area (TPSA) is 47.3 Å². The molecule has 3 nitrogen and oxygen atoms in total. The van der Waals surface area contributed by atoms with Crippen molar-refractivity contribution in [1.29, 1.82) is 0 Å². The molecular weight excluding hydrogens is 212 g/mol.